The first-order chi connectivity index (χ1) is 15.7. The maximum atomic E-state index is 13.1. The van der Waals surface area contributed by atoms with Gasteiger partial charge in [0.2, 0.25) is 15.9 Å². The molecule has 1 fully saturated rings. The Morgan fingerprint density at radius 1 is 1.15 bits per heavy atom. The van der Waals surface area contributed by atoms with Gasteiger partial charge in [-0.25, -0.2) is 13.2 Å². The summed E-state index contributed by atoms with van der Waals surface area (Å²) in [5, 5.41) is 4.03. The fourth-order valence-electron chi connectivity index (χ4n) is 3.76. The summed E-state index contributed by atoms with van der Waals surface area (Å²) in [7, 11) is -2.57. The first kappa shape index (κ1) is 24.0. The van der Waals surface area contributed by atoms with Crippen LogP contribution < -0.4 is 5.32 Å². The summed E-state index contributed by atoms with van der Waals surface area (Å²) in [5.41, 5.74) is 0.569. The summed E-state index contributed by atoms with van der Waals surface area (Å²) in [5.74, 6) is -1.20. The van der Waals surface area contributed by atoms with E-state index in [0.717, 1.165) is 10.1 Å². The number of nitrogens with zero attached hydrogens (tertiary/aromatic N) is 1. The summed E-state index contributed by atoms with van der Waals surface area (Å²) in [6.07, 6.45) is 1.11. The highest BCUT2D eigenvalue weighted by molar-refractivity contribution is 7.89. The third-order valence-electron chi connectivity index (χ3n) is 5.44. The summed E-state index contributed by atoms with van der Waals surface area (Å²) >= 11 is 13.4. The van der Waals surface area contributed by atoms with Crippen molar-refractivity contribution in [3.8, 4) is 0 Å². The Bertz CT molecular complexity index is 1340. The molecule has 1 saturated heterocycles. The zero-order valence-corrected chi connectivity index (χ0v) is 20.7. The fraction of sp³-hybridized carbons (Fsp3) is 0.273. The quantitative estimate of drug-likeness (QED) is 0.470. The largest absolute Gasteiger partial charge is 0.465 e. The number of rotatable bonds is 5. The molecule has 1 atom stereocenters. The van der Waals surface area contributed by atoms with Gasteiger partial charge in [0.1, 0.15) is 9.77 Å². The van der Waals surface area contributed by atoms with Crippen molar-refractivity contribution in [3.05, 3.63) is 57.4 Å². The summed E-state index contributed by atoms with van der Waals surface area (Å²) in [6, 6.07) is 11.3. The normalized spacial score (nSPS) is 17.1. The fourth-order valence-corrected chi connectivity index (χ4v) is 6.98. The second-order valence-corrected chi connectivity index (χ2v) is 11.5. The molecule has 33 heavy (non-hydrogen) atoms. The molecule has 2 aromatic carbocycles. The highest BCUT2D eigenvalue weighted by atomic mass is 35.5. The third kappa shape index (κ3) is 5.02. The first-order valence-corrected chi connectivity index (χ1v) is 13.1. The molecule has 174 valence electrons. The van der Waals surface area contributed by atoms with Crippen LogP contribution in [0.3, 0.4) is 0 Å². The molecule has 7 nitrogen and oxygen atoms in total. The van der Waals surface area contributed by atoms with Gasteiger partial charge in [-0.05, 0) is 60.7 Å². The monoisotopic (exact) mass is 526 g/mol. The Hall–Kier alpha value is -2.17. The van der Waals surface area contributed by atoms with Gasteiger partial charge in [0.15, 0.2) is 0 Å². The Balaban J connectivity index is 1.50. The minimum absolute atomic E-state index is 0.0458. The van der Waals surface area contributed by atoms with Crippen molar-refractivity contribution in [1.82, 2.24) is 4.31 Å². The smallest absolute Gasteiger partial charge is 0.348 e. The van der Waals surface area contributed by atoms with Crippen LogP contribution in [0.1, 0.15) is 22.5 Å². The molecule has 3 aromatic rings. The van der Waals surface area contributed by atoms with Crippen molar-refractivity contribution in [2.24, 2.45) is 5.92 Å². The lowest BCUT2D eigenvalue weighted by molar-refractivity contribution is -0.120. The van der Waals surface area contributed by atoms with Crippen molar-refractivity contribution in [2.75, 3.05) is 25.5 Å². The van der Waals surface area contributed by atoms with Crippen molar-refractivity contribution in [2.45, 2.75) is 17.7 Å². The van der Waals surface area contributed by atoms with Crippen LogP contribution in [0.25, 0.3) is 10.1 Å². The van der Waals surface area contributed by atoms with E-state index in [9.17, 15) is 18.0 Å². The van der Waals surface area contributed by atoms with E-state index in [1.165, 1.54) is 41.0 Å². The highest BCUT2D eigenvalue weighted by Gasteiger charge is 2.34. The number of nitrogens with one attached hydrogen (secondary N) is 1. The number of benzene rings is 2. The van der Waals surface area contributed by atoms with Gasteiger partial charge in [0.25, 0.3) is 0 Å². The van der Waals surface area contributed by atoms with E-state index in [0.29, 0.717) is 30.0 Å². The number of methoxy groups -OCH3 is 1. The summed E-state index contributed by atoms with van der Waals surface area (Å²) in [4.78, 5) is 25.1. The predicted molar refractivity (Wildman–Crippen MR) is 130 cm³/mol. The Morgan fingerprint density at radius 2 is 1.94 bits per heavy atom. The van der Waals surface area contributed by atoms with Crippen molar-refractivity contribution in [3.63, 3.8) is 0 Å². The van der Waals surface area contributed by atoms with Gasteiger partial charge in [-0.3, -0.25) is 4.79 Å². The van der Waals surface area contributed by atoms with E-state index < -0.39 is 21.9 Å². The average molecular weight is 527 g/mol. The number of carbonyl (C=O) groups excluding carboxylic acids is 2. The number of ether oxygens (including phenoxy) is 1. The molecule has 1 amide bonds. The summed E-state index contributed by atoms with van der Waals surface area (Å²) < 4.78 is 33.2. The second kappa shape index (κ2) is 9.60. The van der Waals surface area contributed by atoms with Gasteiger partial charge < -0.3 is 10.1 Å². The van der Waals surface area contributed by atoms with Crippen LogP contribution in [0.4, 0.5) is 5.69 Å². The molecule has 0 radical (unpaired) electrons. The molecule has 0 aliphatic carbocycles. The van der Waals surface area contributed by atoms with Crippen LogP contribution in [0.2, 0.25) is 10.0 Å². The van der Waals surface area contributed by atoms with Gasteiger partial charge in [-0.15, -0.1) is 11.3 Å². The van der Waals surface area contributed by atoms with E-state index in [2.05, 4.69) is 5.32 Å². The molecule has 1 aliphatic heterocycles. The number of halogens is 2. The maximum absolute atomic E-state index is 13.1. The molecule has 0 saturated carbocycles. The van der Waals surface area contributed by atoms with Gasteiger partial charge in [0.05, 0.1) is 18.1 Å². The number of amides is 1. The van der Waals surface area contributed by atoms with Crippen molar-refractivity contribution < 1.29 is 22.7 Å². The van der Waals surface area contributed by atoms with E-state index >= 15 is 0 Å². The summed E-state index contributed by atoms with van der Waals surface area (Å²) in [6.45, 7) is 0.344. The Morgan fingerprint density at radius 3 is 2.70 bits per heavy atom. The Kier molecular flexibility index (Phi) is 6.97. The number of sulfonamides is 1. The topological polar surface area (TPSA) is 92.8 Å². The molecular formula is C22H20Cl2N2O5S2. The number of carbonyl (C=O) groups is 2. The van der Waals surface area contributed by atoms with E-state index in [1.54, 1.807) is 18.2 Å². The molecule has 0 unspecified atom stereocenters. The van der Waals surface area contributed by atoms with Gasteiger partial charge in [0, 0.05) is 28.5 Å². The first-order valence-electron chi connectivity index (χ1n) is 10.1. The Labute approximate surface area is 205 Å². The van der Waals surface area contributed by atoms with Crippen LogP contribution in [0, 0.1) is 5.92 Å². The van der Waals surface area contributed by atoms with Crippen LogP contribution in [0.5, 0.6) is 0 Å². The number of hydrogen-bond donors (Lipinski definition) is 1. The lowest BCUT2D eigenvalue weighted by Gasteiger charge is -2.31. The molecule has 0 spiro atoms. The highest BCUT2D eigenvalue weighted by Crippen LogP contribution is 2.32. The average Bonchev–Trinajstić information content (AvgIpc) is 3.23. The predicted octanol–water partition coefficient (Wildman–Crippen LogP) is 5.03. The van der Waals surface area contributed by atoms with Crippen molar-refractivity contribution >= 4 is 72.2 Å². The standard InChI is InChI=1S/C22H20Cl2N2O5S2/c1-31-22(28)19-10-14-9-16(5-7-18(14)32-19)25-21(27)13-3-2-8-26(12-13)33(29,30)20-11-15(23)4-6-17(20)24/h4-7,9-11,13H,2-3,8,12H2,1H3,(H,25,27)/t13-/m0/s1. The van der Waals surface area contributed by atoms with E-state index in [4.69, 9.17) is 27.9 Å². The van der Waals surface area contributed by atoms with Crippen LogP contribution in [0.15, 0.2) is 47.4 Å². The van der Waals surface area contributed by atoms with Crippen LogP contribution in [-0.4, -0.2) is 44.8 Å². The molecule has 4 rings (SSSR count). The number of piperidine rings is 1. The molecule has 1 aliphatic rings. The number of anilines is 1. The van der Waals surface area contributed by atoms with Gasteiger partial charge >= 0.3 is 5.97 Å². The number of hydrogen-bond acceptors (Lipinski definition) is 6. The van der Waals surface area contributed by atoms with E-state index in [-0.39, 0.29) is 27.4 Å². The number of esters is 1. The zero-order valence-electron chi connectivity index (χ0n) is 17.5. The zero-order chi connectivity index (χ0) is 23.8. The number of thiophene rings is 1. The molecule has 11 heteroatoms. The van der Waals surface area contributed by atoms with Crippen LogP contribution in [-0.2, 0) is 19.6 Å². The third-order valence-corrected chi connectivity index (χ3v) is 9.11. The molecule has 1 aromatic heterocycles. The molecule has 0 bridgehead atoms. The lowest BCUT2D eigenvalue weighted by Crippen LogP contribution is -2.43. The van der Waals surface area contributed by atoms with Gasteiger partial charge in [-0.2, -0.15) is 4.31 Å². The lowest BCUT2D eigenvalue weighted by atomic mass is 9.98. The van der Waals surface area contributed by atoms with Crippen molar-refractivity contribution in [1.29, 1.82) is 0 Å². The molecule has 1 N–H and O–H groups in total. The second-order valence-electron chi connectivity index (χ2n) is 7.62. The van der Waals surface area contributed by atoms with E-state index in [1.807, 2.05) is 6.07 Å². The SMILES string of the molecule is COC(=O)c1cc2cc(NC(=O)[C@H]3CCCN(S(=O)(=O)c4cc(Cl)ccc4Cl)C3)ccc2s1. The van der Waals surface area contributed by atoms with Gasteiger partial charge in [-0.1, -0.05) is 23.2 Å². The maximum Gasteiger partial charge on any atom is 0.348 e. The minimum atomic E-state index is -3.90. The molecular weight excluding hydrogens is 507 g/mol. The number of fused-ring (bicyclic) bond motifs is 1. The molecule has 2 heterocycles. The minimum Gasteiger partial charge on any atom is -0.465 e. The van der Waals surface area contributed by atoms with Crippen LogP contribution >= 0.6 is 34.5 Å².